The van der Waals surface area contributed by atoms with Gasteiger partial charge in [0, 0.05) is 11.1 Å². The summed E-state index contributed by atoms with van der Waals surface area (Å²) >= 11 is 0. The summed E-state index contributed by atoms with van der Waals surface area (Å²) in [5, 5.41) is 2.39. The Balaban J connectivity index is 2.29. The van der Waals surface area contributed by atoms with Crippen LogP contribution in [0.3, 0.4) is 0 Å². The Kier molecular flexibility index (Phi) is 1.87. The van der Waals surface area contributed by atoms with E-state index in [1.807, 2.05) is 30.3 Å². The van der Waals surface area contributed by atoms with Crippen molar-refractivity contribution in [3.8, 4) is 0 Å². The highest BCUT2D eigenvalue weighted by Gasteiger charge is 2.24. The maximum Gasteiger partial charge on any atom is 0.194 e. The predicted octanol–water partition coefficient (Wildman–Crippen LogP) is 2.00. The lowest BCUT2D eigenvalue weighted by Gasteiger charge is -2.21. The summed E-state index contributed by atoms with van der Waals surface area (Å²) in [6, 6.07) is 14.0. The molecule has 18 heavy (non-hydrogen) atoms. The smallest absolute Gasteiger partial charge is 0.194 e. The van der Waals surface area contributed by atoms with E-state index >= 15 is 0 Å². The van der Waals surface area contributed by atoms with Gasteiger partial charge < -0.3 is 0 Å². The fourth-order valence-corrected chi connectivity index (χ4v) is 3.12. The minimum Gasteiger partial charge on any atom is -0.289 e. The van der Waals surface area contributed by atoms with Gasteiger partial charge >= 0.3 is 0 Å². The molecule has 0 aromatic heterocycles. The molecule has 2 aliphatic rings. The zero-order valence-electron chi connectivity index (χ0n) is 9.94. The molecule has 0 amide bonds. The van der Waals surface area contributed by atoms with Crippen molar-refractivity contribution in [2.75, 3.05) is 0 Å². The monoisotopic (exact) mass is 232 g/mol. The van der Waals surface area contributed by atoms with E-state index in [0.717, 1.165) is 29.5 Å². The maximum absolute atomic E-state index is 12.5. The molecule has 2 aromatic carbocycles. The summed E-state index contributed by atoms with van der Waals surface area (Å²) < 4.78 is 0. The molecule has 1 nitrogen and oxygen atoms in total. The highest BCUT2D eigenvalue weighted by Crippen LogP contribution is 2.27. The highest BCUT2D eigenvalue weighted by atomic mass is 16.1. The SMILES string of the molecule is O=C1c2ccccc2C2=c3c1cccc3=CCC2. The first-order valence-electron chi connectivity index (χ1n) is 6.33. The van der Waals surface area contributed by atoms with Crippen LogP contribution in [0.15, 0.2) is 42.5 Å². The summed E-state index contributed by atoms with van der Waals surface area (Å²) in [7, 11) is 0. The molecule has 0 N–H and O–H groups in total. The second-order valence-electron chi connectivity index (χ2n) is 4.87. The molecule has 0 saturated carbocycles. The molecule has 0 heterocycles. The topological polar surface area (TPSA) is 17.1 Å². The minimum absolute atomic E-state index is 0.168. The van der Waals surface area contributed by atoms with Gasteiger partial charge in [-0.3, -0.25) is 4.79 Å². The van der Waals surface area contributed by atoms with Crippen LogP contribution in [0.4, 0.5) is 0 Å². The second-order valence-corrected chi connectivity index (χ2v) is 4.87. The number of hydrogen-bond acceptors (Lipinski definition) is 1. The van der Waals surface area contributed by atoms with E-state index < -0.39 is 0 Å². The van der Waals surface area contributed by atoms with Crippen molar-refractivity contribution in [2.24, 2.45) is 0 Å². The van der Waals surface area contributed by atoms with E-state index in [1.54, 1.807) is 0 Å². The van der Waals surface area contributed by atoms with Gasteiger partial charge in [-0.15, -0.1) is 0 Å². The van der Waals surface area contributed by atoms with Crippen LogP contribution in [0.25, 0.3) is 11.6 Å². The van der Waals surface area contributed by atoms with Crippen molar-refractivity contribution >= 4 is 17.4 Å². The van der Waals surface area contributed by atoms with Crippen molar-refractivity contribution < 1.29 is 4.79 Å². The first-order chi connectivity index (χ1) is 8.86. The zero-order chi connectivity index (χ0) is 12.1. The van der Waals surface area contributed by atoms with E-state index in [0.29, 0.717) is 0 Å². The van der Waals surface area contributed by atoms with Crippen LogP contribution in [0.1, 0.15) is 34.3 Å². The quantitative estimate of drug-likeness (QED) is 0.679. The lowest BCUT2D eigenvalue weighted by molar-refractivity contribution is 0.103. The van der Waals surface area contributed by atoms with Gasteiger partial charge in [0.25, 0.3) is 0 Å². The fourth-order valence-electron chi connectivity index (χ4n) is 3.12. The van der Waals surface area contributed by atoms with Crippen molar-refractivity contribution in [2.45, 2.75) is 12.8 Å². The highest BCUT2D eigenvalue weighted by molar-refractivity contribution is 6.14. The second kappa shape index (κ2) is 3.42. The molecule has 4 rings (SSSR count). The van der Waals surface area contributed by atoms with Crippen LogP contribution in [0, 0.1) is 0 Å². The number of hydrogen-bond donors (Lipinski definition) is 0. The Morgan fingerprint density at radius 2 is 1.61 bits per heavy atom. The predicted molar refractivity (Wildman–Crippen MR) is 71.8 cm³/mol. The van der Waals surface area contributed by atoms with Crippen molar-refractivity contribution in [3.05, 3.63) is 69.6 Å². The molecule has 2 aliphatic carbocycles. The van der Waals surface area contributed by atoms with Crippen LogP contribution in [-0.2, 0) is 0 Å². The van der Waals surface area contributed by atoms with Crippen LogP contribution in [-0.4, -0.2) is 5.78 Å². The van der Waals surface area contributed by atoms with Crippen LogP contribution < -0.4 is 10.4 Å². The molecule has 0 spiro atoms. The summed E-state index contributed by atoms with van der Waals surface area (Å²) in [5.41, 5.74) is 4.21. The zero-order valence-corrected chi connectivity index (χ0v) is 9.94. The molecule has 0 atom stereocenters. The molecular weight excluding hydrogens is 220 g/mol. The Morgan fingerprint density at radius 3 is 2.50 bits per heavy atom. The van der Waals surface area contributed by atoms with Gasteiger partial charge in [0.1, 0.15) is 0 Å². The van der Waals surface area contributed by atoms with Crippen molar-refractivity contribution in [3.63, 3.8) is 0 Å². The van der Waals surface area contributed by atoms with E-state index in [9.17, 15) is 4.79 Å². The van der Waals surface area contributed by atoms with E-state index in [2.05, 4.69) is 18.2 Å². The van der Waals surface area contributed by atoms with Gasteiger partial charge in [-0.2, -0.15) is 0 Å². The average Bonchev–Trinajstić information content (AvgIpc) is 2.44. The third-order valence-corrected chi connectivity index (χ3v) is 3.90. The van der Waals surface area contributed by atoms with Gasteiger partial charge in [0.2, 0.25) is 0 Å². The van der Waals surface area contributed by atoms with Gasteiger partial charge in [0.15, 0.2) is 5.78 Å². The molecule has 86 valence electrons. The lowest BCUT2D eigenvalue weighted by atomic mass is 9.81. The molecule has 0 unspecified atom stereocenters. The summed E-state index contributed by atoms with van der Waals surface area (Å²) in [6.07, 6.45) is 4.34. The Morgan fingerprint density at radius 1 is 0.833 bits per heavy atom. The molecule has 0 fully saturated rings. The van der Waals surface area contributed by atoms with Gasteiger partial charge in [-0.05, 0) is 34.4 Å². The third kappa shape index (κ3) is 1.14. The van der Waals surface area contributed by atoms with E-state index in [1.165, 1.54) is 16.0 Å². The molecule has 0 saturated heterocycles. The standard InChI is InChI=1S/C17H12O/c18-17-14-8-2-1-7-12(14)13-9-3-5-11-6-4-10-15(17)16(11)13/h1-2,4-8,10H,3,9H2. The first-order valence-corrected chi connectivity index (χ1v) is 6.33. The first kappa shape index (κ1) is 9.84. The van der Waals surface area contributed by atoms with Gasteiger partial charge in [0.05, 0.1) is 0 Å². The lowest BCUT2D eigenvalue weighted by Crippen LogP contribution is -2.38. The summed E-state index contributed by atoms with van der Waals surface area (Å²) in [4.78, 5) is 12.5. The Labute approximate surface area is 105 Å². The maximum atomic E-state index is 12.5. The van der Waals surface area contributed by atoms with Gasteiger partial charge in [-0.25, -0.2) is 0 Å². The molecule has 2 aromatic rings. The molecular formula is C17H12O. The number of ketones is 1. The number of rotatable bonds is 0. The molecule has 1 heteroatoms. The average molecular weight is 232 g/mol. The largest absolute Gasteiger partial charge is 0.289 e. The fraction of sp³-hybridized carbons (Fsp3) is 0.118. The van der Waals surface area contributed by atoms with Crippen LogP contribution >= 0.6 is 0 Å². The van der Waals surface area contributed by atoms with Crippen LogP contribution in [0.5, 0.6) is 0 Å². The van der Waals surface area contributed by atoms with Crippen molar-refractivity contribution in [1.29, 1.82) is 0 Å². The van der Waals surface area contributed by atoms with E-state index in [4.69, 9.17) is 0 Å². The Bertz CT molecular complexity index is 797. The number of fused-ring (bicyclic) bond motifs is 2. The molecule has 0 bridgehead atoms. The van der Waals surface area contributed by atoms with Crippen molar-refractivity contribution in [1.82, 2.24) is 0 Å². The summed E-state index contributed by atoms with van der Waals surface area (Å²) in [5.74, 6) is 0.168. The number of carbonyl (C=O) groups is 1. The number of benzene rings is 2. The molecule has 0 aliphatic heterocycles. The third-order valence-electron chi connectivity index (χ3n) is 3.90. The minimum atomic E-state index is 0.168. The summed E-state index contributed by atoms with van der Waals surface area (Å²) in [6.45, 7) is 0. The normalized spacial score (nSPS) is 15.8. The molecule has 0 radical (unpaired) electrons. The Hall–Kier alpha value is -2.15. The van der Waals surface area contributed by atoms with Crippen LogP contribution in [0.2, 0.25) is 0 Å². The van der Waals surface area contributed by atoms with E-state index in [-0.39, 0.29) is 5.78 Å². The van der Waals surface area contributed by atoms with Gasteiger partial charge in [-0.1, -0.05) is 48.5 Å². The number of carbonyl (C=O) groups excluding carboxylic acids is 1.